The van der Waals surface area contributed by atoms with Gasteiger partial charge in [0.05, 0.1) is 0 Å². The van der Waals surface area contributed by atoms with Crippen LogP contribution in [0.3, 0.4) is 0 Å². The molecule has 2 N–H and O–H groups in total. The summed E-state index contributed by atoms with van der Waals surface area (Å²) in [5.41, 5.74) is 2.36. The maximum Gasteiger partial charge on any atom is 0.251 e. The van der Waals surface area contributed by atoms with Crippen LogP contribution in [0.5, 0.6) is 0 Å². The molecule has 0 aliphatic rings. The summed E-state index contributed by atoms with van der Waals surface area (Å²) in [6, 6.07) is 12.7. The minimum Gasteiger partial charge on any atom is -0.352 e. The van der Waals surface area contributed by atoms with Gasteiger partial charge in [0.2, 0.25) is 5.91 Å². The second-order valence-corrected chi connectivity index (χ2v) is 5.73. The van der Waals surface area contributed by atoms with Gasteiger partial charge < -0.3 is 10.6 Å². The molecule has 2 amide bonds. The van der Waals surface area contributed by atoms with Crippen molar-refractivity contribution in [2.24, 2.45) is 0 Å². The predicted molar refractivity (Wildman–Crippen MR) is 96.5 cm³/mol. The van der Waals surface area contributed by atoms with Gasteiger partial charge in [-0.1, -0.05) is 18.2 Å². The first kappa shape index (κ1) is 17.3. The van der Waals surface area contributed by atoms with E-state index in [0.717, 1.165) is 11.1 Å². The molecular weight excluding hydrogens is 330 g/mol. The Hall–Kier alpha value is -3.48. The van der Waals surface area contributed by atoms with Crippen LogP contribution in [-0.4, -0.2) is 26.6 Å². The molecule has 7 heteroatoms. The largest absolute Gasteiger partial charge is 0.352 e. The molecule has 0 fully saturated rings. The first-order valence-corrected chi connectivity index (χ1v) is 8.19. The average Bonchev–Trinajstić information content (AvgIpc) is 3.19. The van der Waals surface area contributed by atoms with Gasteiger partial charge in [0, 0.05) is 49.7 Å². The molecule has 0 bridgehead atoms. The number of nitrogens with zero attached hydrogens (tertiary/aromatic N) is 3. The summed E-state index contributed by atoms with van der Waals surface area (Å²) >= 11 is 0. The number of amides is 2. The zero-order valence-electron chi connectivity index (χ0n) is 14.3. The van der Waals surface area contributed by atoms with Gasteiger partial charge in [0.1, 0.15) is 0 Å². The number of hydrogen-bond acceptors (Lipinski definition) is 4. The number of aromatic nitrogens is 3. The Morgan fingerprint density at radius 1 is 1.00 bits per heavy atom. The number of hydrogen-bond donors (Lipinski definition) is 2. The third-order valence-electron chi connectivity index (χ3n) is 3.79. The van der Waals surface area contributed by atoms with Crippen LogP contribution in [0.15, 0.2) is 61.1 Å². The van der Waals surface area contributed by atoms with Crippen molar-refractivity contribution in [2.45, 2.75) is 20.0 Å². The number of benzene rings is 1. The topological polar surface area (TPSA) is 88.9 Å². The van der Waals surface area contributed by atoms with Gasteiger partial charge in [-0.15, -0.1) is 0 Å². The second kappa shape index (κ2) is 8.06. The van der Waals surface area contributed by atoms with Crippen molar-refractivity contribution in [3.63, 3.8) is 0 Å². The van der Waals surface area contributed by atoms with Crippen molar-refractivity contribution in [3.8, 4) is 5.82 Å². The van der Waals surface area contributed by atoms with E-state index < -0.39 is 0 Å². The summed E-state index contributed by atoms with van der Waals surface area (Å²) in [5.74, 6) is 0.422. The molecule has 0 atom stereocenters. The summed E-state index contributed by atoms with van der Waals surface area (Å²) in [4.78, 5) is 27.6. The van der Waals surface area contributed by atoms with Crippen LogP contribution < -0.4 is 10.6 Å². The van der Waals surface area contributed by atoms with Crippen molar-refractivity contribution in [1.29, 1.82) is 0 Å². The highest BCUT2D eigenvalue weighted by Crippen LogP contribution is 2.11. The Bertz CT molecular complexity index is 889. The molecule has 0 radical (unpaired) electrons. The quantitative estimate of drug-likeness (QED) is 0.711. The fourth-order valence-corrected chi connectivity index (χ4v) is 2.45. The Morgan fingerprint density at radius 2 is 1.81 bits per heavy atom. The second-order valence-electron chi connectivity index (χ2n) is 5.73. The standard InChI is InChI=1S/C19H19N5O2/c1-14(25)21-12-15-5-7-16(8-6-15)19(26)22-13-17-4-2-9-20-18(17)24-11-3-10-23-24/h2-11H,12-13H2,1H3,(H,21,25)(H,22,26). The molecule has 3 aromatic rings. The van der Waals surface area contributed by atoms with Crippen molar-refractivity contribution in [3.05, 3.63) is 77.7 Å². The van der Waals surface area contributed by atoms with Crippen LogP contribution in [-0.2, 0) is 17.9 Å². The maximum absolute atomic E-state index is 12.4. The third-order valence-corrected chi connectivity index (χ3v) is 3.79. The monoisotopic (exact) mass is 349 g/mol. The van der Waals surface area contributed by atoms with Crippen molar-refractivity contribution in [1.82, 2.24) is 25.4 Å². The highest BCUT2D eigenvalue weighted by Gasteiger charge is 2.09. The van der Waals surface area contributed by atoms with Crippen LogP contribution in [0.1, 0.15) is 28.4 Å². The van der Waals surface area contributed by atoms with E-state index in [1.54, 1.807) is 29.2 Å². The molecule has 0 aliphatic heterocycles. The van der Waals surface area contributed by atoms with Crippen molar-refractivity contribution < 1.29 is 9.59 Å². The lowest BCUT2D eigenvalue weighted by molar-refractivity contribution is -0.119. The molecule has 0 unspecified atom stereocenters. The SMILES string of the molecule is CC(=O)NCc1ccc(C(=O)NCc2cccnc2-n2cccn2)cc1. The zero-order valence-corrected chi connectivity index (χ0v) is 14.3. The first-order valence-electron chi connectivity index (χ1n) is 8.19. The molecule has 0 spiro atoms. The molecule has 0 aliphatic carbocycles. The lowest BCUT2D eigenvalue weighted by atomic mass is 10.1. The number of nitrogens with one attached hydrogen (secondary N) is 2. The van der Waals surface area contributed by atoms with Gasteiger partial charge in [-0.3, -0.25) is 9.59 Å². The molecule has 0 saturated carbocycles. The molecule has 0 saturated heterocycles. The summed E-state index contributed by atoms with van der Waals surface area (Å²) in [7, 11) is 0. The van der Waals surface area contributed by atoms with Crippen LogP contribution in [0.25, 0.3) is 5.82 Å². The number of carbonyl (C=O) groups excluding carboxylic acids is 2. The number of rotatable bonds is 6. The van der Waals surface area contributed by atoms with E-state index in [-0.39, 0.29) is 11.8 Å². The lowest BCUT2D eigenvalue weighted by Crippen LogP contribution is -2.24. The van der Waals surface area contributed by atoms with Gasteiger partial charge in [0.25, 0.3) is 5.91 Å². The van der Waals surface area contributed by atoms with E-state index in [0.29, 0.717) is 24.5 Å². The van der Waals surface area contributed by atoms with E-state index in [9.17, 15) is 9.59 Å². The Labute approximate surface area is 151 Å². The Balaban J connectivity index is 1.64. The summed E-state index contributed by atoms with van der Waals surface area (Å²) in [5, 5.41) is 9.80. The molecule has 1 aromatic carbocycles. The lowest BCUT2D eigenvalue weighted by Gasteiger charge is -2.10. The molecule has 132 valence electrons. The van der Waals surface area contributed by atoms with Gasteiger partial charge in [-0.2, -0.15) is 5.10 Å². The van der Waals surface area contributed by atoms with Crippen LogP contribution in [0, 0.1) is 0 Å². The Morgan fingerprint density at radius 3 is 2.50 bits per heavy atom. The van der Waals surface area contributed by atoms with Crippen molar-refractivity contribution >= 4 is 11.8 Å². The smallest absolute Gasteiger partial charge is 0.251 e. The molecule has 26 heavy (non-hydrogen) atoms. The highest BCUT2D eigenvalue weighted by molar-refractivity contribution is 5.94. The highest BCUT2D eigenvalue weighted by atomic mass is 16.2. The van der Waals surface area contributed by atoms with Crippen LogP contribution >= 0.6 is 0 Å². The minimum absolute atomic E-state index is 0.0868. The first-order chi connectivity index (χ1) is 12.6. The fourth-order valence-electron chi connectivity index (χ4n) is 2.45. The summed E-state index contributed by atoms with van der Waals surface area (Å²) in [6.07, 6.45) is 5.18. The summed E-state index contributed by atoms with van der Waals surface area (Å²) < 4.78 is 1.66. The summed E-state index contributed by atoms with van der Waals surface area (Å²) in [6.45, 7) is 2.26. The van der Waals surface area contributed by atoms with Crippen LogP contribution in [0.2, 0.25) is 0 Å². The van der Waals surface area contributed by atoms with E-state index >= 15 is 0 Å². The van der Waals surface area contributed by atoms with Gasteiger partial charge in [-0.05, 0) is 29.8 Å². The molecule has 2 heterocycles. The molecule has 3 rings (SSSR count). The molecule has 2 aromatic heterocycles. The predicted octanol–water partition coefficient (Wildman–Crippen LogP) is 1.83. The number of carbonyl (C=O) groups is 2. The van der Waals surface area contributed by atoms with E-state index in [4.69, 9.17) is 0 Å². The molecule has 7 nitrogen and oxygen atoms in total. The van der Waals surface area contributed by atoms with E-state index in [1.165, 1.54) is 6.92 Å². The van der Waals surface area contributed by atoms with Gasteiger partial charge in [-0.25, -0.2) is 9.67 Å². The van der Waals surface area contributed by atoms with Crippen LogP contribution in [0.4, 0.5) is 0 Å². The minimum atomic E-state index is -0.175. The third kappa shape index (κ3) is 4.32. The van der Waals surface area contributed by atoms with E-state index in [2.05, 4.69) is 20.7 Å². The Kier molecular flexibility index (Phi) is 5.38. The fraction of sp³-hybridized carbons (Fsp3) is 0.158. The van der Waals surface area contributed by atoms with Gasteiger partial charge in [0.15, 0.2) is 5.82 Å². The van der Waals surface area contributed by atoms with Crippen molar-refractivity contribution in [2.75, 3.05) is 0 Å². The zero-order chi connectivity index (χ0) is 18.4. The van der Waals surface area contributed by atoms with E-state index in [1.807, 2.05) is 36.5 Å². The average molecular weight is 349 g/mol. The normalized spacial score (nSPS) is 10.3. The molecular formula is C19H19N5O2. The number of pyridine rings is 1. The maximum atomic E-state index is 12.4. The van der Waals surface area contributed by atoms with Gasteiger partial charge >= 0.3 is 0 Å².